The second-order valence-corrected chi connectivity index (χ2v) is 8.14. The number of H-pyrrole nitrogens is 1. The van der Waals surface area contributed by atoms with Crippen LogP contribution in [0.3, 0.4) is 0 Å². The monoisotopic (exact) mass is 424 g/mol. The number of phenols is 1. The van der Waals surface area contributed by atoms with Crippen molar-refractivity contribution in [3.63, 3.8) is 0 Å². The summed E-state index contributed by atoms with van der Waals surface area (Å²) in [4.78, 5) is 15.4. The molecule has 1 aliphatic carbocycles. The van der Waals surface area contributed by atoms with E-state index >= 15 is 0 Å². The Kier molecular flexibility index (Phi) is 5.36. The van der Waals surface area contributed by atoms with E-state index in [1.807, 2.05) is 18.2 Å². The largest absolute Gasteiger partial charge is 0.507 e. The molecule has 1 heterocycles. The van der Waals surface area contributed by atoms with E-state index in [2.05, 4.69) is 4.98 Å². The van der Waals surface area contributed by atoms with Crippen LogP contribution in [0.15, 0.2) is 47.3 Å². The Bertz CT molecular complexity index is 1190. The van der Waals surface area contributed by atoms with Gasteiger partial charge in [-0.3, -0.25) is 4.79 Å². The van der Waals surface area contributed by atoms with Gasteiger partial charge in [-0.05, 0) is 60.7 Å². The number of nitrogens with zero attached hydrogens (tertiary/aromatic N) is 1. The molecule has 0 spiro atoms. The predicted molar refractivity (Wildman–Crippen MR) is 116 cm³/mol. The minimum absolute atomic E-state index is 0.0515. The first-order valence-corrected chi connectivity index (χ1v) is 10.2. The molecular weight excluding hydrogens is 407 g/mol. The second kappa shape index (κ2) is 7.94. The number of halogens is 2. The molecule has 0 unspecified atom stereocenters. The van der Waals surface area contributed by atoms with Crippen molar-refractivity contribution in [3.05, 3.63) is 74.0 Å². The van der Waals surface area contributed by atoms with Gasteiger partial charge in [0.25, 0.3) is 5.56 Å². The van der Waals surface area contributed by atoms with Crippen LogP contribution < -0.4 is 5.56 Å². The minimum Gasteiger partial charge on any atom is -0.507 e. The van der Waals surface area contributed by atoms with Crippen LogP contribution in [0.5, 0.6) is 5.75 Å². The third kappa shape index (κ3) is 3.76. The van der Waals surface area contributed by atoms with Crippen molar-refractivity contribution in [1.29, 1.82) is 5.26 Å². The van der Waals surface area contributed by atoms with Crippen LogP contribution in [0.2, 0.25) is 10.0 Å². The molecule has 1 aliphatic rings. The molecule has 0 atom stereocenters. The number of hydrogen-bond acceptors (Lipinski definition) is 3. The zero-order chi connectivity index (χ0) is 20.5. The maximum atomic E-state index is 12.7. The fourth-order valence-electron chi connectivity index (χ4n) is 4.01. The molecule has 0 amide bonds. The number of aromatic amines is 1. The van der Waals surface area contributed by atoms with Crippen LogP contribution in [0.1, 0.15) is 42.7 Å². The number of aromatic hydroxyl groups is 1. The Morgan fingerprint density at radius 3 is 2.48 bits per heavy atom. The zero-order valence-corrected chi connectivity index (χ0v) is 17.0. The zero-order valence-electron chi connectivity index (χ0n) is 15.5. The maximum absolute atomic E-state index is 12.7. The molecule has 3 aromatic rings. The molecule has 4 nitrogen and oxygen atoms in total. The van der Waals surface area contributed by atoms with Crippen molar-refractivity contribution in [2.45, 2.75) is 31.6 Å². The fourth-order valence-corrected chi connectivity index (χ4v) is 4.41. The summed E-state index contributed by atoms with van der Waals surface area (Å²) in [5, 5.41) is 20.8. The molecule has 0 bridgehead atoms. The van der Waals surface area contributed by atoms with Gasteiger partial charge in [0.1, 0.15) is 17.4 Å². The lowest BCUT2D eigenvalue weighted by Gasteiger charge is -2.14. The molecule has 0 aliphatic heterocycles. The topological polar surface area (TPSA) is 76.9 Å². The summed E-state index contributed by atoms with van der Waals surface area (Å²) in [6.45, 7) is 0. The summed E-state index contributed by atoms with van der Waals surface area (Å²) in [7, 11) is 0. The average Bonchev–Trinajstić information content (AvgIpc) is 3.24. The lowest BCUT2D eigenvalue weighted by atomic mass is 9.93. The van der Waals surface area contributed by atoms with Crippen LogP contribution in [0, 0.1) is 11.3 Å². The molecule has 2 aromatic carbocycles. The average molecular weight is 425 g/mol. The van der Waals surface area contributed by atoms with Gasteiger partial charge in [-0.25, -0.2) is 0 Å². The summed E-state index contributed by atoms with van der Waals surface area (Å²) in [5.41, 5.74) is 2.38. The predicted octanol–water partition coefficient (Wildman–Crippen LogP) is 6.25. The van der Waals surface area contributed by atoms with Crippen molar-refractivity contribution < 1.29 is 5.11 Å². The quantitative estimate of drug-likeness (QED) is 0.521. The number of aromatic nitrogens is 1. The second-order valence-electron chi connectivity index (χ2n) is 7.29. The number of pyridine rings is 1. The number of nitrogens with one attached hydrogen (secondary N) is 1. The summed E-state index contributed by atoms with van der Waals surface area (Å²) in [6.07, 6.45) is 4.65. The van der Waals surface area contributed by atoms with Gasteiger partial charge in [-0.15, -0.1) is 0 Å². The molecule has 1 fully saturated rings. The van der Waals surface area contributed by atoms with E-state index in [9.17, 15) is 15.2 Å². The number of hydrogen-bond donors (Lipinski definition) is 2. The van der Waals surface area contributed by atoms with Crippen LogP contribution in [-0.2, 0) is 0 Å². The Labute approximate surface area is 178 Å². The molecule has 1 saturated carbocycles. The summed E-state index contributed by atoms with van der Waals surface area (Å²) in [6, 6.07) is 14.0. The third-order valence-electron chi connectivity index (χ3n) is 5.50. The lowest BCUT2D eigenvalue weighted by molar-refractivity contribution is 0.476. The molecule has 146 valence electrons. The van der Waals surface area contributed by atoms with E-state index < -0.39 is 5.56 Å². The smallest absolute Gasteiger partial charge is 0.266 e. The molecule has 29 heavy (non-hydrogen) atoms. The SMILES string of the molecule is N#Cc1c(-c2cc(Cl)ccc2Cl)cc(-c2cc(C3CCCC3)ccc2O)[nH]c1=O. The van der Waals surface area contributed by atoms with Crippen LogP contribution in [0.25, 0.3) is 22.4 Å². The summed E-state index contributed by atoms with van der Waals surface area (Å²) in [5.74, 6) is 0.525. The number of phenolic OH excluding ortho intramolecular Hbond substituents is 1. The van der Waals surface area contributed by atoms with E-state index in [4.69, 9.17) is 23.2 Å². The van der Waals surface area contributed by atoms with Gasteiger partial charge in [0.2, 0.25) is 0 Å². The van der Waals surface area contributed by atoms with Gasteiger partial charge in [-0.1, -0.05) is 42.1 Å². The van der Waals surface area contributed by atoms with Crippen LogP contribution >= 0.6 is 23.2 Å². The first kappa shape index (κ1) is 19.6. The first-order valence-electron chi connectivity index (χ1n) is 9.44. The molecule has 2 N–H and O–H groups in total. The Hall–Kier alpha value is -2.74. The van der Waals surface area contributed by atoms with E-state index in [1.165, 1.54) is 12.8 Å². The van der Waals surface area contributed by atoms with Crippen molar-refractivity contribution in [2.75, 3.05) is 0 Å². The molecule has 1 aromatic heterocycles. The van der Waals surface area contributed by atoms with E-state index in [-0.39, 0.29) is 11.3 Å². The van der Waals surface area contributed by atoms with Gasteiger partial charge in [0.15, 0.2) is 0 Å². The van der Waals surface area contributed by atoms with Gasteiger partial charge in [0, 0.05) is 26.7 Å². The number of benzene rings is 2. The molecule has 0 saturated heterocycles. The fraction of sp³-hybridized carbons (Fsp3) is 0.217. The molecule has 4 rings (SSSR count). The van der Waals surface area contributed by atoms with Crippen molar-refractivity contribution >= 4 is 23.2 Å². The van der Waals surface area contributed by atoms with Crippen molar-refractivity contribution in [2.24, 2.45) is 0 Å². The van der Waals surface area contributed by atoms with Gasteiger partial charge < -0.3 is 10.1 Å². The molecule has 0 radical (unpaired) electrons. The Morgan fingerprint density at radius 1 is 1.00 bits per heavy atom. The Balaban J connectivity index is 1.91. The highest BCUT2D eigenvalue weighted by Gasteiger charge is 2.20. The molecule has 6 heteroatoms. The highest BCUT2D eigenvalue weighted by molar-refractivity contribution is 6.35. The van der Waals surface area contributed by atoms with Crippen LogP contribution in [0.4, 0.5) is 0 Å². The van der Waals surface area contributed by atoms with Crippen LogP contribution in [-0.4, -0.2) is 10.1 Å². The van der Waals surface area contributed by atoms with Gasteiger partial charge in [0.05, 0.1) is 5.69 Å². The highest BCUT2D eigenvalue weighted by atomic mass is 35.5. The normalized spacial score (nSPS) is 14.1. The van der Waals surface area contributed by atoms with Gasteiger partial charge in [-0.2, -0.15) is 5.26 Å². The minimum atomic E-state index is -0.540. The summed E-state index contributed by atoms with van der Waals surface area (Å²) < 4.78 is 0. The van der Waals surface area contributed by atoms with E-state index in [0.717, 1.165) is 18.4 Å². The highest BCUT2D eigenvalue weighted by Crippen LogP contribution is 2.39. The number of nitriles is 1. The number of rotatable bonds is 3. The summed E-state index contributed by atoms with van der Waals surface area (Å²) >= 11 is 12.4. The molecular formula is C23H18Cl2N2O2. The third-order valence-corrected chi connectivity index (χ3v) is 6.07. The van der Waals surface area contributed by atoms with Crippen molar-refractivity contribution in [1.82, 2.24) is 4.98 Å². The maximum Gasteiger partial charge on any atom is 0.266 e. The van der Waals surface area contributed by atoms with E-state index in [0.29, 0.717) is 38.3 Å². The van der Waals surface area contributed by atoms with Gasteiger partial charge >= 0.3 is 0 Å². The standard InChI is InChI=1S/C23H18Cl2N2O2/c24-15-6-7-20(25)17(10-15)16-11-21(27-23(29)19(16)12-26)18-9-14(5-8-22(18)28)13-3-1-2-4-13/h5-11,13,28H,1-4H2,(H,27,29). The van der Waals surface area contributed by atoms with Crippen molar-refractivity contribution in [3.8, 4) is 34.2 Å². The first-order chi connectivity index (χ1) is 14.0. The lowest BCUT2D eigenvalue weighted by Crippen LogP contribution is -2.13. The Morgan fingerprint density at radius 2 is 1.76 bits per heavy atom. The van der Waals surface area contributed by atoms with E-state index in [1.54, 1.807) is 30.3 Å².